The molecule has 2 aromatic carbocycles. The number of aromatic nitrogens is 1. The van der Waals surface area contributed by atoms with Crippen molar-refractivity contribution in [2.45, 2.75) is 19.4 Å². The maximum Gasteiger partial charge on any atom is 0.266 e. The Morgan fingerprint density at radius 1 is 1.06 bits per heavy atom. The van der Waals surface area contributed by atoms with Crippen LogP contribution in [0, 0.1) is 0 Å². The predicted octanol–water partition coefficient (Wildman–Crippen LogP) is 5.19. The zero-order valence-electron chi connectivity index (χ0n) is 18.1. The van der Waals surface area contributed by atoms with Gasteiger partial charge in [0.1, 0.15) is 4.32 Å². The van der Waals surface area contributed by atoms with E-state index in [1.165, 1.54) is 11.8 Å². The Kier molecular flexibility index (Phi) is 6.03. The minimum atomic E-state index is -0.201. The molecule has 0 N–H and O–H groups in total. The Balaban J connectivity index is 1.61. The Hall–Kier alpha value is -2.61. The van der Waals surface area contributed by atoms with Gasteiger partial charge in [-0.1, -0.05) is 72.0 Å². The number of fused-ring (bicyclic) bond motifs is 1. The summed E-state index contributed by atoms with van der Waals surface area (Å²) in [5.74, 6) is -0.201. The number of amides is 1. The van der Waals surface area contributed by atoms with Crippen LogP contribution in [-0.2, 0) is 18.4 Å². The zero-order valence-corrected chi connectivity index (χ0v) is 20.5. The number of aryl methyl sites for hydroxylation is 1. The third-order valence-corrected chi connectivity index (χ3v) is 7.91. The molecule has 5 rings (SSSR count). The fourth-order valence-corrected chi connectivity index (χ4v) is 5.91. The molecule has 2 saturated heterocycles. The largest absolute Gasteiger partial charge is 0.370 e. The van der Waals surface area contributed by atoms with Crippen molar-refractivity contribution in [3.63, 3.8) is 0 Å². The van der Waals surface area contributed by atoms with Crippen LogP contribution in [0.15, 0.2) is 58.2 Å². The number of nitrogens with zero attached hydrogens (tertiary/aromatic N) is 3. The van der Waals surface area contributed by atoms with E-state index in [4.69, 9.17) is 23.8 Å². The molecule has 0 bridgehead atoms. The summed E-state index contributed by atoms with van der Waals surface area (Å²) in [6.07, 6.45) is 3.90. The second-order valence-corrected chi connectivity index (χ2v) is 10.3. The van der Waals surface area contributed by atoms with Gasteiger partial charge in [-0.2, -0.15) is 0 Å². The molecule has 2 fully saturated rings. The molecule has 0 aliphatic carbocycles. The molecule has 0 atom stereocenters. The molecule has 0 radical (unpaired) electrons. The van der Waals surface area contributed by atoms with Crippen molar-refractivity contribution < 1.29 is 4.79 Å². The molecule has 8 heteroatoms. The highest BCUT2D eigenvalue weighted by molar-refractivity contribution is 8.26. The van der Waals surface area contributed by atoms with Crippen molar-refractivity contribution in [2.75, 3.05) is 18.0 Å². The van der Waals surface area contributed by atoms with Gasteiger partial charge in [-0.25, -0.2) is 0 Å². The maximum absolute atomic E-state index is 13.5. The smallest absolute Gasteiger partial charge is 0.266 e. The highest BCUT2D eigenvalue weighted by Gasteiger charge is 2.33. The van der Waals surface area contributed by atoms with Crippen LogP contribution < -0.4 is 10.5 Å². The number of benzene rings is 2. The van der Waals surface area contributed by atoms with Crippen LogP contribution in [0.2, 0.25) is 5.02 Å². The number of halogens is 1. The van der Waals surface area contributed by atoms with Crippen molar-refractivity contribution >= 4 is 68.5 Å². The average Bonchev–Trinajstić information content (AvgIpc) is 3.43. The Morgan fingerprint density at radius 2 is 1.76 bits per heavy atom. The minimum Gasteiger partial charge on any atom is -0.370 e. The first-order chi connectivity index (χ1) is 16.0. The first-order valence-electron chi connectivity index (χ1n) is 10.8. The highest BCUT2D eigenvalue weighted by atomic mass is 35.5. The third-order valence-electron chi connectivity index (χ3n) is 6.17. The fraction of sp³-hybridized carbons (Fsp3) is 0.240. The number of thioether (sulfide) groups is 1. The van der Waals surface area contributed by atoms with Gasteiger partial charge in [0.15, 0.2) is 0 Å². The number of pyridine rings is 1. The van der Waals surface area contributed by atoms with Crippen LogP contribution in [0.4, 0.5) is 5.69 Å². The summed E-state index contributed by atoms with van der Waals surface area (Å²) in [7, 11) is 1.78. The van der Waals surface area contributed by atoms with E-state index in [9.17, 15) is 9.59 Å². The molecule has 0 unspecified atom stereocenters. The van der Waals surface area contributed by atoms with Gasteiger partial charge in [0, 0.05) is 30.5 Å². The molecule has 2 aliphatic heterocycles. The van der Waals surface area contributed by atoms with Gasteiger partial charge in [-0.3, -0.25) is 14.5 Å². The molecule has 2 aliphatic rings. The minimum absolute atomic E-state index is 0.119. The van der Waals surface area contributed by atoms with Crippen LogP contribution in [0.5, 0.6) is 0 Å². The summed E-state index contributed by atoms with van der Waals surface area (Å²) < 4.78 is 2.12. The number of carbonyl (C=O) groups excluding carboxylic acids is 1. The topological polar surface area (TPSA) is 45.6 Å². The maximum atomic E-state index is 13.5. The van der Waals surface area contributed by atoms with Crippen molar-refractivity contribution in [1.29, 1.82) is 0 Å². The molecule has 0 spiro atoms. The van der Waals surface area contributed by atoms with Crippen LogP contribution in [0.3, 0.4) is 0 Å². The van der Waals surface area contributed by atoms with Gasteiger partial charge >= 0.3 is 0 Å². The van der Waals surface area contributed by atoms with Gasteiger partial charge in [0.05, 0.1) is 28.2 Å². The van der Waals surface area contributed by atoms with Crippen LogP contribution in [0.25, 0.3) is 17.0 Å². The van der Waals surface area contributed by atoms with Gasteiger partial charge in [-0.15, -0.1) is 0 Å². The number of carbonyl (C=O) groups is 1. The van der Waals surface area contributed by atoms with Crippen LogP contribution in [0.1, 0.15) is 24.0 Å². The number of para-hydroxylation sites is 1. The Labute approximate surface area is 206 Å². The van der Waals surface area contributed by atoms with Gasteiger partial charge in [-0.05, 0) is 36.6 Å². The standard InChI is InChI=1S/C25H22ClN3O2S2/c1-27-20-11-5-3-9-17(20)22(28-12-6-7-13-28)18(23(27)30)14-21-24(31)29(25(32)33-21)15-16-8-2-4-10-19(16)26/h2-5,8-11,14H,6-7,12-13,15H2,1H3. The molecular formula is C25H22ClN3O2S2. The molecule has 1 amide bonds. The summed E-state index contributed by atoms with van der Waals surface area (Å²) in [6, 6.07) is 15.3. The number of rotatable bonds is 4. The second-order valence-electron chi connectivity index (χ2n) is 8.20. The monoisotopic (exact) mass is 495 g/mol. The molecule has 1 aromatic heterocycles. The number of hydrogen-bond acceptors (Lipinski definition) is 5. The van der Waals surface area contributed by atoms with E-state index in [0.29, 0.717) is 26.4 Å². The van der Waals surface area contributed by atoms with Crippen LogP contribution >= 0.6 is 35.6 Å². The van der Waals surface area contributed by atoms with Crippen molar-refractivity contribution in [3.05, 3.63) is 79.9 Å². The molecule has 3 heterocycles. The Morgan fingerprint density at radius 3 is 2.52 bits per heavy atom. The molecule has 5 nitrogen and oxygen atoms in total. The van der Waals surface area contributed by atoms with E-state index in [1.807, 2.05) is 42.5 Å². The Bertz CT molecular complexity index is 1380. The highest BCUT2D eigenvalue weighted by Crippen LogP contribution is 2.37. The zero-order chi connectivity index (χ0) is 23.1. The number of thiocarbonyl (C=S) groups is 1. The molecule has 3 aromatic rings. The molecular weight excluding hydrogens is 474 g/mol. The van der Waals surface area contributed by atoms with Crippen molar-refractivity contribution in [3.8, 4) is 0 Å². The lowest BCUT2D eigenvalue weighted by Crippen LogP contribution is -2.28. The number of hydrogen-bond donors (Lipinski definition) is 0. The summed E-state index contributed by atoms with van der Waals surface area (Å²) in [4.78, 5) is 31.0. The summed E-state index contributed by atoms with van der Waals surface area (Å²) in [5, 5.41) is 1.61. The van der Waals surface area contributed by atoms with E-state index in [1.54, 1.807) is 28.7 Å². The molecule has 33 heavy (non-hydrogen) atoms. The lowest BCUT2D eigenvalue weighted by atomic mass is 10.1. The first-order valence-corrected chi connectivity index (χ1v) is 12.4. The van der Waals surface area contributed by atoms with E-state index in [2.05, 4.69) is 4.90 Å². The van der Waals surface area contributed by atoms with Crippen LogP contribution in [-0.4, -0.2) is 32.8 Å². The van der Waals surface area contributed by atoms with E-state index in [0.717, 1.165) is 48.1 Å². The predicted molar refractivity (Wildman–Crippen MR) is 141 cm³/mol. The van der Waals surface area contributed by atoms with E-state index < -0.39 is 0 Å². The number of anilines is 1. The third kappa shape index (κ3) is 3.98. The summed E-state index contributed by atoms with van der Waals surface area (Å²) >= 11 is 13.1. The lowest BCUT2D eigenvalue weighted by Gasteiger charge is -2.23. The molecule has 0 saturated carbocycles. The first kappa shape index (κ1) is 22.2. The summed E-state index contributed by atoms with van der Waals surface area (Å²) in [5.41, 5.74) is 3.04. The normalized spacial score (nSPS) is 17.7. The van der Waals surface area contributed by atoms with Gasteiger partial charge in [0.2, 0.25) is 0 Å². The SMILES string of the molecule is Cn1c(=O)c(C=C2SC(=S)N(Cc3ccccc3Cl)C2=O)c(N2CCCC2)c2ccccc21. The fourth-order valence-electron chi connectivity index (χ4n) is 4.48. The molecule has 168 valence electrons. The summed E-state index contributed by atoms with van der Waals surface area (Å²) in [6.45, 7) is 2.09. The van der Waals surface area contributed by atoms with Crippen molar-refractivity contribution in [1.82, 2.24) is 9.47 Å². The lowest BCUT2D eigenvalue weighted by molar-refractivity contribution is -0.122. The van der Waals surface area contributed by atoms with E-state index >= 15 is 0 Å². The average molecular weight is 496 g/mol. The van der Waals surface area contributed by atoms with E-state index in [-0.39, 0.29) is 11.5 Å². The second kappa shape index (κ2) is 8.97. The van der Waals surface area contributed by atoms with Crippen molar-refractivity contribution in [2.24, 2.45) is 7.05 Å². The van der Waals surface area contributed by atoms with Gasteiger partial charge < -0.3 is 9.47 Å². The van der Waals surface area contributed by atoms with Gasteiger partial charge in [0.25, 0.3) is 11.5 Å². The quantitative estimate of drug-likeness (QED) is 0.368.